The molecule has 0 aromatic heterocycles. The fourth-order valence-electron chi connectivity index (χ4n) is 1.98. The summed E-state index contributed by atoms with van der Waals surface area (Å²) < 4.78 is 1.09. The van der Waals surface area contributed by atoms with Crippen molar-refractivity contribution >= 4 is 46.0 Å². The second-order valence-electron chi connectivity index (χ2n) is 4.42. The molecule has 0 spiro atoms. The Morgan fingerprint density at radius 3 is 2.84 bits per heavy atom. The molecule has 1 saturated heterocycles. The van der Waals surface area contributed by atoms with E-state index < -0.39 is 0 Å². The lowest BCUT2D eigenvalue weighted by Crippen LogP contribution is -2.32. The number of benzene rings is 1. The van der Waals surface area contributed by atoms with Crippen LogP contribution in [0, 0.1) is 0 Å². The van der Waals surface area contributed by atoms with E-state index in [1.54, 1.807) is 11.8 Å². The van der Waals surface area contributed by atoms with Crippen molar-refractivity contribution < 1.29 is 4.79 Å². The van der Waals surface area contributed by atoms with Gasteiger partial charge in [0, 0.05) is 40.7 Å². The highest BCUT2D eigenvalue weighted by molar-refractivity contribution is 9.10. The van der Waals surface area contributed by atoms with Crippen LogP contribution in [0.4, 0.5) is 0 Å². The molecule has 3 nitrogen and oxygen atoms in total. The van der Waals surface area contributed by atoms with Gasteiger partial charge in [-0.1, -0.05) is 12.1 Å². The van der Waals surface area contributed by atoms with Crippen molar-refractivity contribution in [2.75, 3.05) is 18.8 Å². The first-order chi connectivity index (χ1) is 8.66. The van der Waals surface area contributed by atoms with Gasteiger partial charge in [0.2, 0.25) is 5.91 Å². The molecule has 1 atom stereocenters. The monoisotopic (exact) mass is 364 g/mol. The summed E-state index contributed by atoms with van der Waals surface area (Å²) in [5.74, 6) is 1.04. The van der Waals surface area contributed by atoms with Crippen molar-refractivity contribution in [3.63, 3.8) is 0 Å². The van der Waals surface area contributed by atoms with Crippen LogP contribution in [-0.4, -0.2) is 35.7 Å². The lowest BCUT2D eigenvalue weighted by molar-refractivity contribution is -0.129. The third-order valence-corrected chi connectivity index (χ3v) is 5.02. The highest BCUT2D eigenvalue weighted by Gasteiger charge is 2.22. The fraction of sp³-hybridized carbons (Fsp3) is 0.462. The van der Waals surface area contributed by atoms with Gasteiger partial charge in [0.15, 0.2) is 0 Å². The van der Waals surface area contributed by atoms with Crippen LogP contribution in [0.1, 0.15) is 12.8 Å². The van der Waals surface area contributed by atoms with Gasteiger partial charge in [0.1, 0.15) is 0 Å². The van der Waals surface area contributed by atoms with Gasteiger partial charge in [0.05, 0.1) is 0 Å². The molecule has 1 heterocycles. The number of hydrogen-bond donors (Lipinski definition) is 1. The zero-order valence-corrected chi connectivity index (χ0v) is 13.8. The Bertz CT molecular complexity index is 433. The van der Waals surface area contributed by atoms with Crippen LogP contribution in [0.5, 0.6) is 0 Å². The van der Waals surface area contributed by atoms with Crippen molar-refractivity contribution in [1.29, 1.82) is 0 Å². The average Bonchev–Trinajstić information content (AvgIpc) is 2.78. The van der Waals surface area contributed by atoms with Crippen LogP contribution in [-0.2, 0) is 4.79 Å². The molecule has 1 fully saturated rings. The molecule has 1 aliphatic rings. The van der Waals surface area contributed by atoms with Crippen molar-refractivity contribution in [2.45, 2.75) is 23.8 Å². The number of likely N-dealkylation sites (tertiary alicyclic amines) is 1. The Balaban J connectivity index is 0.00000180. The maximum absolute atomic E-state index is 11.9. The van der Waals surface area contributed by atoms with E-state index in [-0.39, 0.29) is 24.4 Å². The quantitative estimate of drug-likeness (QED) is 0.835. The molecule has 1 aromatic carbocycles. The predicted molar refractivity (Wildman–Crippen MR) is 85.9 cm³/mol. The molecule has 0 radical (unpaired) electrons. The van der Waals surface area contributed by atoms with Crippen LogP contribution in [0.15, 0.2) is 33.6 Å². The Kier molecular flexibility index (Phi) is 7.21. The number of halogens is 2. The second-order valence-corrected chi connectivity index (χ2v) is 6.41. The van der Waals surface area contributed by atoms with Crippen LogP contribution < -0.4 is 5.73 Å². The Hall–Kier alpha value is -0.230. The molecule has 2 rings (SSSR count). The molecule has 1 aromatic rings. The number of nitrogens with zero attached hydrogens (tertiary/aromatic N) is 1. The Morgan fingerprint density at radius 2 is 2.21 bits per heavy atom. The molecule has 1 amide bonds. The topological polar surface area (TPSA) is 46.3 Å². The van der Waals surface area contributed by atoms with E-state index in [9.17, 15) is 4.79 Å². The Morgan fingerprint density at radius 1 is 1.47 bits per heavy atom. The normalized spacial score (nSPS) is 18.2. The summed E-state index contributed by atoms with van der Waals surface area (Å²) >= 11 is 5.21. The molecule has 0 aliphatic carbocycles. The highest BCUT2D eigenvalue weighted by atomic mass is 79.9. The first kappa shape index (κ1) is 16.8. The minimum atomic E-state index is 0. The van der Waals surface area contributed by atoms with E-state index in [1.807, 2.05) is 23.1 Å². The van der Waals surface area contributed by atoms with Crippen molar-refractivity contribution in [3.8, 4) is 0 Å². The summed E-state index contributed by atoms with van der Waals surface area (Å²) in [6.45, 7) is 1.54. The van der Waals surface area contributed by atoms with Gasteiger partial charge in [-0.2, -0.15) is 0 Å². The van der Waals surface area contributed by atoms with Crippen molar-refractivity contribution in [2.24, 2.45) is 5.73 Å². The summed E-state index contributed by atoms with van der Waals surface area (Å²) in [7, 11) is 0. The molecule has 1 aliphatic heterocycles. The van der Waals surface area contributed by atoms with E-state index in [1.165, 1.54) is 4.90 Å². The van der Waals surface area contributed by atoms with Crippen LogP contribution in [0.2, 0.25) is 0 Å². The van der Waals surface area contributed by atoms with E-state index in [0.717, 1.165) is 29.7 Å². The standard InChI is InChI=1S/C13H17BrN2OS.ClH/c14-11-3-1-2-4-12(11)18-8-6-13(17)16-7-5-10(15)9-16;/h1-4,10H,5-9,15H2;1H/t10-;/m1./s1. The second kappa shape index (κ2) is 8.15. The molecule has 0 bridgehead atoms. The van der Waals surface area contributed by atoms with E-state index in [0.29, 0.717) is 6.42 Å². The third kappa shape index (κ3) is 4.99. The smallest absolute Gasteiger partial charge is 0.223 e. The largest absolute Gasteiger partial charge is 0.341 e. The minimum Gasteiger partial charge on any atom is -0.341 e. The first-order valence-corrected chi connectivity index (χ1v) is 7.85. The van der Waals surface area contributed by atoms with Crippen molar-refractivity contribution in [3.05, 3.63) is 28.7 Å². The summed E-state index contributed by atoms with van der Waals surface area (Å²) in [4.78, 5) is 15.0. The van der Waals surface area contributed by atoms with E-state index in [4.69, 9.17) is 5.73 Å². The molecular weight excluding hydrogens is 348 g/mol. The van der Waals surface area contributed by atoms with Gasteiger partial charge in [-0.3, -0.25) is 4.79 Å². The van der Waals surface area contributed by atoms with E-state index in [2.05, 4.69) is 22.0 Å². The van der Waals surface area contributed by atoms with Crippen molar-refractivity contribution in [1.82, 2.24) is 4.90 Å². The van der Waals surface area contributed by atoms with Crippen LogP contribution in [0.3, 0.4) is 0 Å². The number of carbonyl (C=O) groups excluding carboxylic acids is 1. The molecule has 2 N–H and O–H groups in total. The third-order valence-electron chi connectivity index (χ3n) is 2.99. The summed E-state index contributed by atoms with van der Waals surface area (Å²) in [5, 5.41) is 0. The number of amides is 1. The van der Waals surface area contributed by atoms with Gasteiger partial charge in [-0.05, 0) is 34.5 Å². The molecule has 19 heavy (non-hydrogen) atoms. The number of nitrogens with two attached hydrogens (primary N) is 1. The number of carbonyl (C=O) groups is 1. The summed E-state index contributed by atoms with van der Waals surface area (Å²) in [6, 6.07) is 8.25. The average molecular weight is 366 g/mol. The van der Waals surface area contributed by atoms with Gasteiger partial charge in [-0.25, -0.2) is 0 Å². The lowest BCUT2D eigenvalue weighted by Gasteiger charge is -2.15. The zero-order valence-electron chi connectivity index (χ0n) is 10.5. The van der Waals surface area contributed by atoms with Crippen LogP contribution >= 0.6 is 40.1 Å². The van der Waals surface area contributed by atoms with Gasteiger partial charge in [0.25, 0.3) is 0 Å². The summed E-state index contributed by atoms with van der Waals surface area (Å²) in [5.41, 5.74) is 5.80. The molecular formula is C13H18BrClN2OS. The molecule has 6 heteroatoms. The number of hydrogen-bond acceptors (Lipinski definition) is 3. The fourth-order valence-corrected chi connectivity index (χ4v) is 3.49. The maximum Gasteiger partial charge on any atom is 0.223 e. The minimum absolute atomic E-state index is 0. The maximum atomic E-state index is 11.9. The lowest BCUT2D eigenvalue weighted by atomic mass is 10.3. The highest BCUT2D eigenvalue weighted by Crippen LogP contribution is 2.27. The zero-order chi connectivity index (χ0) is 13.0. The van der Waals surface area contributed by atoms with Crippen LogP contribution in [0.25, 0.3) is 0 Å². The molecule has 0 saturated carbocycles. The summed E-state index contributed by atoms with van der Waals surface area (Å²) in [6.07, 6.45) is 1.52. The molecule has 106 valence electrons. The van der Waals surface area contributed by atoms with Gasteiger partial charge >= 0.3 is 0 Å². The Labute approximate surface area is 132 Å². The van der Waals surface area contributed by atoms with E-state index >= 15 is 0 Å². The predicted octanol–water partition coefficient (Wildman–Crippen LogP) is 2.91. The molecule has 0 unspecified atom stereocenters. The first-order valence-electron chi connectivity index (χ1n) is 6.07. The SMILES string of the molecule is Cl.N[C@@H]1CCN(C(=O)CCSc2ccccc2Br)C1. The van der Waals surface area contributed by atoms with Gasteiger partial charge in [-0.15, -0.1) is 24.2 Å². The number of rotatable bonds is 4. The number of thioether (sulfide) groups is 1. The van der Waals surface area contributed by atoms with Gasteiger partial charge < -0.3 is 10.6 Å².